The molecule has 1 fully saturated rings. The molecule has 2 aliphatic heterocycles. The monoisotopic (exact) mass is 276 g/mol. The van der Waals surface area contributed by atoms with Gasteiger partial charge in [0.2, 0.25) is 0 Å². The predicted molar refractivity (Wildman–Crippen MR) is 70.4 cm³/mol. The lowest BCUT2D eigenvalue weighted by Crippen LogP contribution is -2.44. The van der Waals surface area contributed by atoms with Gasteiger partial charge in [0.05, 0.1) is 6.54 Å². The van der Waals surface area contributed by atoms with Gasteiger partial charge in [0.15, 0.2) is 0 Å². The van der Waals surface area contributed by atoms with Gasteiger partial charge in [-0.15, -0.1) is 0 Å². The van der Waals surface area contributed by atoms with E-state index in [1.165, 1.54) is 0 Å². The van der Waals surface area contributed by atoms with Crippen LogP contribution in [0.1, 0.15) is 17.2 Å². The van der Waals surface area contributed by atoms with Gasteiger partial charge in [-0.2, -0.15) is 0 Å². The van der Waals surface area contributed by atoms with Crippen molar-refractivity contribution in [3.63, 3.8) is 0 Å². The number of carbonyl (C=O) groups is 2. The maximum atomic E-state index is 11.6. The minimum absolute atomic E-state index is 0.283. The van der Waals surface area contributed by atoms with E-state index in [1.54, 1.807) is 0 Å². The lowest BCUT2D eigenvalue weighted by Gasteiger charge is -2.35. The molecule has 0 bridgehead atoms. The number of hydrogen-bond acceptors (Lipinski definition) is 4. The molecule has 2 aliphatic rings. The molecular weight excluding hydrogens is 260 g/mol. The molecule has 106 valence electrons. The molecule has 0 radical (unpaired) electrons. The topological polar surface area (TPSA) is 78.9 Å². The van der Waals surface area contributed by atoms with Gasteiger partial charge in [-0.05, 0) is 17.5 Å². The molecule has 6 nitrogen and oxygen atoms in total. The first-order valence-electron chi connectivity index (χ1n) is 6.64. The Balaban J connectivity index is 1.81. The smallest absolute Gasteiger partial charge is 0.407 e. The van der Waals surface area contributed by atoms with Crippen molar-refractivity contribution in [3.05, 3.63) is 35.4 Å². The zero-order valence-corrected chi connectivity index (χ0v) is 10.9. The highest BCUT2D eigenvalue weighted by atomic mass is 16.6. The molecule has 0 spiro atoms. The molecule has 2 heterocycles. The van der Waals surface area contributed by atoms with Crippen molar-refractivity contribution in [2.45, 2.75) is 18.6 Å². The van der Waals surface area contributed by atoms with Crippen LogP contribution in [0.4, 0.5) is 4.79 Å². The van der Waals surface area contributed by atoms with Crippen molar-refractivity contribution < 1.29 is 19.4 Å². The standard InChI is InChI=1S/C14H16N2O4/c17-13(18)12-11-4-2-1-3-9(11)5-6-16(12)8-10-7-15-14(19)20-10/h1-4,10,12H,5-8H2,(H,15,19)(H,17,18). The van der Waals surface area contributed by atoms with Crippen LogP contribution in [0.5, 0.6) is 0 Å². The molecule has 3 rings (SSSR count). The highest BCUT2D eigenvalue weighted by molar-refractivity contribution is 5.76. The number of alkyl carbamates (subject to hydrolysis) is 1. The van der Waals surface area contributed by atoms with E-state index in [2.05, 4.69) is 5.32 Å². The molecule has 0 aliphatic carbocycles. The molecule has 1 aromatic rings. The SMILES string of the molecule is O=C1NCC(CN2CCc3ccccc3C2C(=O)O)O1. The molecule has 2 N–H and O–H groups in total. The maximum absolute atomic E-state index is 11.6. The second kappa shape index (κ2) is 5.13. The fraction of sp³-hybridized carbons (Fsp3) is 0.429. The molecule has 0 saturated carbocycles. The van der Waals surface area contributed by atoms with E-state index in [-0.39, 0.29) is 6.10 Å². The van der Waals surface area contributed by atoms with Crippen LogP contribution in [0.25, 0.3) is 0 Å². The summed E-state index contributed by atoms with van der Waals surface area (Å²) >= 11 is 0. The Kier molecular flexibility index (Phi) is 3.31. The van der Waals surface area contributed by atoms with Crippen molar-refractivity contribution >= 4 is 12.1 Å². The van der Waals surface area contributed by atoms with Crippen LogP contribution in [0.15, 0.2) is 24.3 Å². The third kappa shape index (κ3) is 2.34. The number of fused-ring (bicyclic) bond motifs is 1. The Hall–Kier alpha value is -2.08. The summed E-state index contributed by atoms with van der Waals surface area (Å²) in [5, 5.41) is 12.1. The quantitative estimate of drug-likeness (QED) is 0.853. The average molecular weight is 276 g/mol. The fourth-order valence-corrected chi connectivity index (χ4v) is 2.90. The number of benzene rings is 1. The van der Waals surface area contributed by atoms with Gasteiger partial charge in [-0.25, -0.2) is 4.79 Å². The van der Waals surface area contributed by atoms with Crippen LogP contribution in [0, 0.1) is 0 Å². The van der Waals surface area contributed by atoms with Gasteiger partial charge >= 0.3 is 12.1 Å². The average Bonchev–Trinajstić information content (AvgIpc) is 2.83. The number of amides is 1. The molecule has 2 unspecified atom stereocenters. The summed E-state index contributed by atoms with van der Waals surface area (Å²) in [7, 11) is 0. The third-order valence-electron chi connectivity index (χ3n) is 3.80. The maximum Gasteiger partial charge on any atom is 0.407 e. The van der Waals surface area contributed by atoms with E-state index in [0.29, 0.717) is 19.6 Å². The number of aliphatic carboxylic acids is 1. The van der Waals surface area contributed by atoms with Crippen LogP contribution in [-0.4, -0.2) is 47.8 Å². The molecule has 1 saturated heterocycles. The van der Waals surface area contributed by atoms with Crippen molar-refractivity contribution in [2.24, 2.45) is 0 Å². The highest BCUT2D eigenvalue weighted by Gasteiger charge is 2.35. The molecular formula is C14H16N2O4. The number of carboxylic acid groups (broad SMARTS) is 1. The van der Waals surface area contributed by atoms with E-state index in [0.717, 1.165) is 17.5 Å². The van der Waals surface area contributed by atoms with Crippen molar-refractivity contribution in [1.82, 2.24) is 10.2 Å². The summed E-state index contributed by atoms with van der Waals surface area (Å²) in [5.41, 5.74) is 1.92. The Labute approximate surface area is 116 Å². The number of ether oxygens (including phenoxy) is 1. The molecule has 6 heteroatoms. The summed E-state index contributed by atoms with van der Waals surface area (Å²) < 4.78 is 5.10. The molecule has 1 aromatic carbocycles. The van der Waals surface area contributed by atoms with Crippen LogP contribution >= 0.6 is 0 Å². The van der Waals surface area contributed by atoms with Crippen molar-refractivity contribution in [2.75, 3.05) is 19.6 Å². The summed E-state index contributed by atoms with van der Waals surface area (Å²) in [5.74, 6) is -0.866. The van der Waals surface area contributed by atoms with Gasteiger partial charge in [0, 0.05) is 13.1 Å². The summed E-state index contributed by atoms with van der Waals surface area (Å²) in [6, 6.07) is 6.95. The normalized spacial score (nSPS) is 25.7. The fourth-order valence-electron chi connectivity index (χ4n) is 2.90. The number of nitrogens with one attached hydrogen (secondary N) is 1. The summed E-state index contributed by atoms with van der Waals surface area (Å²) in [6.45, 7) is 1.52. The van der Waals surface area contributed by atoms with E-state index < -0.39 is 18.1 Å². The first kappa shape index (κ1) is 12.9. The molecule has 1 amide bonds. The predicted octanol–water partition coefficient (Wildman–Crippen LogP) is 0.779. The molecule has 20 heavy (non-hydrogen) atoms. The van der Waals surface area contributed by atoms with Gasteiger partial charge < -0.3 is 15.2 Å². The summed E-state index contributed by atoms with van der Waals surface area (Å²) in [6.07, 6.45) is 0.0996. The van der Waals surface area contributed by atoms with Crippen molar-refractivity contribution in [3.8, 4) is 0 Å². The number of cyclic esters (lactones) is 1. The highest BCUT2D eigenvalue weighted by Crippen LogP contribution is 2.30. The summed E-state index contributed by atoms with van der Waals surface area (Å²) in [4.78, 5) is 24.5. The van der Waals surface area contributed by atoms with Crippen molar-refractivity contribution in [1.29, 1.82) is 0 Å². The van der Waals surface area contributed by atoms with Gasteiger partial charge in [-0.3, -0.25) is 9.69 Å². The Morgan fingerprint density at radius 3 is 2.95 bits per heavy atom. The number of rotatable bonds is 3. The second-order valence-corrected chi connectivity index (χ2v) is 5.09. The van der Waals surface area contributed by atoms with Crippen LogP contribution < -0.4 is 5.32 Å². The minimum Gasteiger partial charge on any atom is -0.480 e. The van der Waals surface area contributed by atoms with E-state index in [4.69, 9.17) is 4.74 Å². The number of carbonyl (C=O) groups excluding carboxylic acids is 1. The minimum atomic E-state index is -0.866. The van der Waals surface area contributed by atoms with Gasteiger partial charge in [-0.1, -0.05) is 24.3 Å². The zero-order chi connectivity index (χ0) is 14.1. The first-order valence-corrected chi connectivity index (χ1v) is 6.64. The van der Waals surface area contributed by atoms with Gasteiger partial charge in [0.25, 0.3) is 0 Å². The number of carboxylic acids is 1. The zero-order valence-electron chi connectivity index (χ0n) is 10.9. The Bertz CT molecular complexity index is 546. The van der Waals surface area contributed by atoms with Crippen LogP contribution in [-0.2, 0) is 16.0 Å². The van der Waals surface area contributed by atoms with Gasteiger partial charge in [0.1, 0.15) is 12.1 Å². The first-order chi connectivity index (χ1) is 9.65. The third-order valence-corrected chi connectivity index (χ3v) is 3.80. The van der Waals surface area contributed by atoms with E-state index >= 15 is 0 Å². The van der Waals surface area contributed by atoms with Crippen LogP contribution in [0.2, 0.25) is 0 Å². The molecule has 2 atom stereocenters. The Morgan fingerprint density at radius 2 is 2.25 bits per heavy atom. The van der Waals surface area contributed by atoms with Crippen LogP contribution in [0.3, 0.4) is 0 Å². The largest absolute Gasteiger partial charge is 0.480 e. The number of hydrogen-bond donors (Lipinski definition) is 2. The van der Waals surface area contributed by atoms with E-state index in [1.807, 2.05) is 29.2 Å². The lowest BCUT2D eigenvalue weighted by atomic mass is 9.92. The number of nitrogens with zero attached hydrogens (tertiary/aromatic N) is 1. The van der Waals surface area contributed by atoms with E-state index in [9.17, 15) is 14.7 Å². The lowest BCUT2D eigenvalue weighted by molar-refractivity contribution is -0.144. The molecule has 0 aromatic heterocycles. The second-order valence-electron chi connectivity index (χ2n) is 5.09. The Morgan fingerprint density at radius 1 is 1.45 bits per heavy atom.